The molecule has 1 amide bonds. The lowest BCUT2D eigenvalue weighted by atomic mass is 9.78. The second kappa shape index (κ2) is 10.9. The van der Waals surface area contributed by atoms with Gasteiger partial charge in [-0.25, -0.2) is 9.97 Å². The molecule has 1 N–H and O–H groups in total. The summed E-state index contributed by atoms with van der Waals surface area (Å²) >= 11 is 0. The minimum absolute atomic E-state index is 0.0168. The van der Waals surface area contributed by atoms with Crippen molar-refractivity contribution in [1.82, 2.24) is 19.8 Å². The summed E-state index contributed by atoms with van der Waals surface area (Å²) in [5.41, 5.74) is -0.369. The molecule has 4 atom stereocenters. The minimum atomic E-state index is -4.47. The SMILES string of the molecule is COCC[C@@H]1C[C@H](N(C)C(C)C)CC[C@@H]1N1CC[C@H](Nc2ncnc3ccc(C(F)(F)F)cc23)C1=O. The van der Waals surface area contributed by atoms with Crippen LogP contribution in [-0.4, -0.2) is 77.2 Å². The van der Waals surface area contributed by atoms with Crippen LogP contribution in [0.4, 0.5) is 19.0 Å². The number of nitrogens with zero attached hydrogens (tertiary/aromatic N) is 4. The summed E-state index contributed by atoms with van der Waals surface area (Å²) in [4.78, 5) is 26.2. The van der Waals surface area contributed by atoms with E-state index < -0.39 is 17.8 Å². The highest BCUT2D eigenvalue weighted by Gasteiger charge is 2.42. The van der Waals surface area contributed by atoms with E-state index in [1.165, 1.54) is 12.4 Å². The molecule has 2 aliphatic rings. The van der Waals surface area contributed by atoms with Gasteiger partial charge in [0, 0.05) is 43.8 Å². The average molecular weight is 508 g/mol. The van der Waals surface area contributed by atoms with Crippen molar-refractivity contribution in [3.8, 4) is 0 Å². The zero-order chi connectivity index (χ0) is 26.0. The number of carbonyl (C=O) groups is 1. The van der Waals surface area contributed by atoms with Crippen LogP contribution in [0.2, 0.25) is 0 Å². The number of anilines is 1. The molecule has 7 nitrogen and oxygen atoms in total. The number of carbonyl (C=O) groups excluding carboxylic acids is 1. The molecule has 1 saturated heterocycles. The van der Waals surface area contributed by atoms with Crippen LogP contribution in [0.5, 0.6) is 0 Å². The maximum absolute atomic E-state index is 13.5. The molecule has 198 valence electrons. The maximum Gasteiger partial charge on any atom is 0.416 e. The number of nitrogens with one attached hydrogen (secondary N) is 1. The average Bonchev–Trinajstić information content (AvgIpc) is 3.21. The Morgan fingerprint density at radius 3 is 2.69 bits per heavy atom. The van der Waals surface area contributed by atoms with Gasteiger partial charge < -0.3 is 19.9 Å². The molecule has 4 rings (SSSR count). The molecule has 1 saturated carbocycles. The molecule has 36 heavy (non-hydrogen) atoms. The van der Waals surface area contributed by atoms with Crippen LogP contribution in [-0.2, 0) is 15.7 Å². The van der Waals surface area contributed by atoms with Gasteiger partial charge in [0.2, 0.25) is 5.91 Å². The first-order valence-electron chi connectivity index (χ1n) is 12.7. The van der Waals surface area contributed by atoms with Gasteiger partial charge >= 0.3 is 6.18 Å². The highest BCUT2D eigenvalue weighted by molar-refractivity contribution is 5.93. The van der Waals surface area contributed by atoms with Crippen molar-refractivity contribution < 1.29 is 22.7 Å². The topological polar surface area (TPSA) is 70.6 Å². The van der Waals surface area contributed by atoms with Crippen molar-refractivity contribution in [2.45, 2.75) is 76.3 Å². The molecule has 1 aromatic carbocycles. The van der Waals surface area contributed by atoms with Crippen LogP contribution in [0.1, 0.15) is 51.5 Å². The second-order valence-corrected chi connectivity index (χ2v) is 10.3. The van der Waals surface area contributed by atoms with Crippen molar-refractivity contribution in [2.24, 2.45) is 5.92 Å². The number of likely N-dealkylation sites (tertiary alicyclic amines) is 1. The number of fused-ring (bicyclic) bond motifs is 1. The number of ether oxygens (including phenoxy) is 1. The largest absolute Gasteiger partial charge is 0.416 e. The van der Waals surface area contributed by atoms with Gasteiger partial charge in [-0.3, -0.25) is 4.79 Å². The first-order valence-corrected chi connectivity index (χ1v) is 12.7. The monoisotopic (exact) mass is 507 g/mol. The van der Waals surface area contributed by atoms with E-state index in [0.717, 1.165) is 37.8 Å². The summed E-state index contributed by atoms with van der Waals surface area (Å²) in [5.74, 6) is 0.572. The van der Waals surface area contributed by atoms with Gasteiger partial charge in [0.15, 0.2) is 0 Å². The van der Waals surface area contributed by atoms with E-state index in [1.807, 2.05) is 4.90 Å². The summed E-state index contributed by atoms with van der Waals surface area (Å²) in [6.45, 7) is 5.67. The number of methoxy groups -OCH3 is 1. The van der Waals surface area contributed by atoms with E-state index in [2.05, 4.69) is 41.1 Å². The Balaban J connectivity index is 1.51. The lowest BCUT2D eigenvalue weighted by molar-refractivity contribution is -0.137. The lowest BCUT2D eigenvalue weighted by Gasteiger charge is -2.44. The number of halogens is 3. The summed E-state index contributed by atoms with van der Waals surface area (Å²) in [6.07, 6.45) is 1.28. The normalized spacial score (nSPS) is 25.4. The third kappa shape index (κ3) is 5.59. The summed E-state index contributed by atoms with van der Waals surface area (Å²) < 4.78 is 45.2. The Morgan fingerprint density at radius 1 is 1.22 bits per heavy atom. The number of benzene rings is 1. The molecule has 10 heteroatoms. The zero-order valence-electron chi connectivity index (χ0n) is 21.4. The molecule has 2 fully saturated rings. The van der Waals surface area contributed by atoms with E-state index >= 15 is 0 Å². The van der Waals surface area contributed by atoms with E-state index in [4.69, 9.17) is 4.74 Å². The highest BCUT2D eigenvalue weighted by atomic mass is 19.4. The molecular weight excluding hydrogens is 471 g/mol. The predicted molar refractivity (Wildman–Crippen MR) is 133 cm³/mol. The summed E-state index contributed by atoms with van der Waals surface area (Å²) in [7, 11) is 3.87. The third-order valence-corrected chi connectivity index (χ3v) is 7.91. The standard InChI is InChI=1S/C26H36F3N5O2/c1-16(2)33(3)19-6-8-23(17(13-19)10-12-36-4)34-11-9-22(25(34)35)32-24-20-14-18(26(27,28)29)5-7-21(20)30-15-31-24/h5,7,14-17,19,22-23H,6,8-13H2,1-4H3,(H,30,31,32)/t17-,19-,22+,23+/m1/s1. The third-order valence-electron chi connectivity index (χ3n) is 7.91. The van der Waals surface area contributed by atoms with E-state index in [9.17, 15) is 18.0 Å². The second-order valence-electron chi connectivity index (χ2n) is 10.3. The fourth-order valence-corrected chi connectivity index (χ4v) is 5.68. The fourth-order valence-electron chi connectivity index (χ4n) is 5.68. The van der Waals surface area contributed by atoms with Crippen molar-refractivity contribution in [3.63, 3.8) is 0 Å². The smallest absolute Gasteiger partial charge is 0.385 e. The fraction of sp³-hybridized carbons (Fsp3) is 0.654. The van der Waals surface area contributed by atoms with Crippen molar-refractivity contribution in [3.05, 3.63) is 30.1 Å². The molecule has 0 bridgehead atoms. The van der Waals surface area contributed by atoms with Gasteiger partial charge in [-0.15, -0.1) is 0 Å². The Kier molecular flexibility index (Phi) is 8.04. The molecule has 2 aromatic rings. The first-order chi connectivity index (χ1) is 17.1. The Labute approximate surface area is 210 Å². The van der Waals surface area contributed by atoms with Crippen LogP contribution in [0.15, 0.2) is 24.5 Å². The van der Waals surface area contributed by atoms with Crippen LogP contribution in [0.3, 0.4) is 0 Å². The van der Waals surface area contributed by atoms with Crippen LogP contribution in [0, 0.1) is 5.92 Å². The maximum atomic E-state index is 13.5. The quantitative estimate of drug-likeness (QED) is 0.564. The highest BCUT2D eigenvalue weighted by Crippen LogP contribution is 2.37. The van der Waals surface area contributed by atoms with E-state index in [0.29, 0.717) is 43.1 Å². The molecule has 1 aromatic heterocycles. The van der Waals surface area contributed by atoms with Crippen molar-refractivity contribution >= 4 is 22.6 Å². The van der Waals surface area contributed by atoms with Crippen LogP contribution < -0.4 is 5.32 Å². The molecule has 2 heterocycles. The summed E-state index contributed by atoms with van der Waals surface area (Å²) in [6, 6.07) is 3.92. The van der Waals surface area contributed by atoms with Gasteiger partial charge in [-0.1, -0.05) is 0 Å². The lowest BCUT2D eigenvalue weighted by Crippen LogP contribution is -2.51. The number of hydrogen-bond acceptors (Lipinski definition) is 6. The van der Waals surface area contributed by atoms with E-state index in [-0.39, 0.29) is 23.2 Å². The molecule has 0 spiro atoms. The number of aromatic nitrogens is 2. The molecule has 0 radical (unpaired) electrons. The number of alkyl halides is 3. The molecule has 1 aliphatic heterocycles. The van der Waals surface area contributed by atoms with Crippen molar-refractivity contribution in [2.75, 3.05) is 32.6 Å². The van der Waals surface area contributed by atoms with Gasteiger partial charge in [0.1, 0.15) is 18.2 Å². The van der Waals surface area contributed by atoms with Gasteiger partial charge in [-0.05, 0) is 77.1 Å². The Morgan fingerprint density at radius 2 is 2.00 bits per heavy atom. The predicted octanol–water partition coefficient (Wildman–Crippen LogP) is 4.58. The summed E-state index contributed by atoms with van der Waals surface area (Å²) in [5, 5.41) is 3.40. The van der Waals surface area contributed by atoms with Crippen LogP contribution in [0.25, 0.3) is 10.9 Å². The Hall–Kier alpha value is -2.46. The molecular formula is C26H36F3N5O2. The Bertz CT molecular complexity index is 1060. The number of hydrogen-bond donors (Lipinski definition) is 1. The molecule has 1 aliphatic carbocycles. The van der Waals surface area contributed by atoms with E-state index in [1.54, 1.807) is 7.11 Å². The van der Waals surface area contributed by atoms with Crippen molar-refractivity contribution in [1.29, 1.82) is 0 Å². The number of rotatable bonds is 8. The zero-order valence-corrected chi connectivity index (χ0v) is 21.4. The minimum Gasteiger partial charge on any atom is -0.385 e. The van der Waals surface area contributed by atoms with Gasteiger partial charge in [-0.2, -0.15) is 13.2 Å². The van der Waals surface area contributed by atoms with Gasteiger partial charge in [0.05, 0.1) is 11.1 Å². The van der Waals surface area contributed by atoms with Crippen LogP contribution >= 0.6 is 0 Å². The number of amides is 1. The van der Waals surface area contributed by atoms with Gasteiger partial charge in [0.25, 0.3) is 0 Å². The first kappa shape index (κ1) is 26.6. The molecule has 0 unspecified atom stereocenters.